The number of rotatable bonds is 5. The molecular formula is C16H24ClN3OS. The van der Waals surface area contributed by atoms with E-state index in [1.54, 1.807) is 6.92 Å². The summed E-state index contributed by atoms with van der Waals surface area (Å²) in [5, 5.41) is 0. The van der Waals surface area contributed by atoms with Crippen LogP contribution in [0, 0.1) is 6.92 Å². The molecule has 0 saturated carbocycles. The van der Waals surface area contributed by atoms with E-state index in [0.29, 0.717) is 11.9 Å². The summed E-state index contributed by atoms with van der Waals surface area (Å²) in [6.07, 6.45) is 1.83. The molecule has 1 saturated heterocycles. The maximum absolute atomic E-state index is 11.5. The molecule has 0 N–H and O–H groups in total. The molecule has 2 rings (SSSR count). The Balaban J connectivity index is 1.81. The van der Waals surface area contributed by atoms with Crippen LogP contribution in [0.25, 0.3) is 0 Å². The maximum Gasteiger partial charge on any atom is 0.219 e. The lowest BCUT2D eigenvalue weighted by Gasteiger charge is -2.39. The maximum atomic E-state index is 11.5. The van der Waals surface area contributed by atoms with Gasteiger partial charge in [0.2, 0.25) is 5.91 Å². The van der Waals surface area contributed by atoms with Crippen LogP contribution in [0.5, 0.6) is 0 Å². The first-order valence-electron chi connectivity index (χ1n) is 7.65. The Hall–Kier alpha value is -0.780. The monoisotopic (exact) mass is 341 g/mol. The van der Waals surface area contributed by atoms with Crippen LogP contribution in [-0.4, -0.2) is 58.7 Å². The zero-order chi connectivity index (χ0) is 16.1. The van der Waals surface area contributed by atoms with E-state index in [2.05, 4.69) is 29.8 Å². The largest absolute Gasteiger partial charge is 0.338 e. The third kappa shape index (κ3) is 4.37. The Morgan fingerprint density at radius 2 is 2.27 bits per heavy atom. The molecule has 4 nitrogen and oxygen atoms in total. The summed E-state index contributed by atoms with van der Waals surface area (Å²) in [4.78, 5) is 21.5. The van der Waals surface area contributed by atoms with E-state index in [1.807, 2.05) is 22.9 Å². The van der Waals surface area contributed by atoms with Crippen molar-refractivity contribution in [2.75, 3.05) is 31.9 Å². The minimum Gasteiger partial charge on any atom is -0.338 e. The molecular weight excluding hydrogens is 318 g/mol. The van der Waals surface area contributed by atoms with Gasteiger partial charge in [0.05, 0.1) is 11.6 Å². The van der Waals surface area contributed by atoms with Crippen LogP contribution in [0.15, 0.2) is 17.2 Å². The van der Waals surface area contributed by atoms with Crippen molar-refractivity contribution >= 4 is 29.3 Å². The van der Waals surface area contributed by atoms with Gasteiger partial charge in [-0.15, -0.1) is 23.4 Å². The molecule has 6 heteroatoms. The molecule has 122 valence electrons. The van der Waals surface area contributed by atoms with Crippen molar-refractivity contribution in [3.8, 4) is 0 Å². The van der Waals surface area contributed by atoms with E-state index >= 15 is 0 Å². The number of piperazine rings is 1. The van der Waals surface area contributed by atoms with E-state index in [-0.39, 0.29) is 5.91 Å². The van der Waals surface area contributed by atoms with Crippen LogP contribution in [0.1, 0.15) is 25.1 Å². The van der Waals surface area contributed by atoms with Crippen LogP contribution >= 0.6 is 23.4 Å². The normalized spacial score (nSPS) is 19.5. The number of nitrogens with zero attached hydrogens (tertiary/aromatic N) is 3. The van der Waals surface area contributed by atoms with E-state index in [1.165, 1.54) is 10.5 Å². The predicted octanol–water partition coefficient (Wildman–Crippen LogP) is 2.77. The number of alkyl halides is 1. The van der Waals surface area contributed by atoms with E-state index in [9.17, 15) is 4.79 Å². The van der Waals surface area contributed by atoms with Gasteiger partial charge in [-0.25, -0.2) is 0 Å². The van der Waals surface area contributed by atoms with Crippen molar-refractivity contribution in [2.24, 2.45) is 0 Å². The zero-order valence-electron chi connectivity index (χ0n) is 13.5. The van der Waals surface area contributed by atoms with Gasteiger partial charge in [0.25, 0.3) is 0 Å². The first-order valence-corrected chi connectivity index (χ1v) is 9.17. The Bertz CT molecular complexity index is 526. The summed E-state index contributed by atoms with van der Waals surface area (Å²) >= 11 is 7.76. The van der Waals surface area contributed by atoms with Crippen LogP contribution in [0.3, 0.4) is 0 Å². The molecule has 1 amide bonds. The van der Waals surface area contributed by atoms with E-state index < -0.39 is 0 Å². The van der Waals surface area contributed by atoms with Crippen molar-refractivity contribution in [3.05, 3.63) is 23.5 Å². The van der Waals surface area contributed by atoms with Gasteiger partial charge >= 0.3 is 0 Å². The van der Waals surface area contributed by atoms with Crippen LogP contribution in [0.4, 0.5) is 0 Å². The van der Waals surface area contributed by atoms with Gasteiger partial charge in [0.15, 0.2) is 0 Å². The number of hydrogen-bond acceptors (Lipinski definition) is 4. The molecule has 0 aliphatic carbocycles. The number of pyridine rings is 1. The van der Waals surface area contributed by atoms with Crippen molar-refractivity contribution in [2.45, 2.75) is 37.6 Å². The SMILES string of the molecule is CC(=O)N1CCN(CCSc2ccnc(CCl)c2C)CC1C. The van der Waals surface area contributed by atoms with E-state index in [4.69, 9.17) is 11.6 Å². The van der Waals surface area contributed by atoms with Gasteiger partial charge in [-0.05, 0) is 25.5 Å². The highest BCUT2D eigenvalue weighted by Gasteiger charge is 2.24. The van der Waals surface area contributed by atoms with Gasteiger partial charge in [-0.3, -0.25) is 14.7 Å². The van der Waals surface area contributed by atoms with Gasteiger partial charge < -0.3 is 4.90 Å². The summed E-state index contributed by atoms with van der Waals surface area (Å²) in [6.45, 7) is 9.67. The van der Waals surface area contributed by atoms with Crippen LogP contribution < -0.4 is 0 Å². The summed E-state index contributed by atoms with van der Waals surface area (Å²) in [7, 11) is 0. The van der Waals surface area contributed by atoms with Crippen LogP contribution in [0.2, 0.25) is 0 Å². The Morgan fingerprint density at radius 3 is 2.91 bits per heavy atom. The van der Waals surface area contributed by atoms with E-state index in [0.717, 1.165) is 37.6 Å². The van der Waals surface area contributed by atoms with Crippen molar-refractivity contribution in [3.63, 3.8) is 0 Å². The predicted molar refractivity (Wildman–Crippen MR) is 92.5 cm³/mol. The first-order chi connectivity index (χ1) is 10.5. The number of hydrogen-bond donors (Lipinski definition) is 0. The molecule has 1 aliphatic heterocycles. The molecule has 1 aromatic heterocycles. The Labute approximate surface area is 142 Å². The fourth-order valence-electron chi connectivity index (χ4n) is 2.84. The molecule has 1 unspecified atom stereocenters. The van der Waals surface area contributed by atoms with Gasteiger partial charge in [0.1, 0.15) is 0 Å². The van der Waals surface area contributed by atoms with Crippen molar-refractivity contribution in [1.82, 2.24) is 14.8 Å². The second kappa shape index (κ2) is 8.18. The highest BCUT2D eigenvalue weighted by Crippen LogP contribution is 2.24. The molecule has 0 radical (unpaired) electrons. The third-order valence-electron chi connectivity index (χ3n) is 4.17. The van der Waals surface area contributed by atoms with Gasteiger partial charge in [-0.2, -0.15) is 0 Å². The zero-order valence-corrected chi connectivity index (χ0v) is 15.1. The lowest BCUT2D eigenvalue weighted by atomic mass is 10.2. The fraction of sp³-hybridized carbons (Fsp3) is 0.625. The summed E-state index contributed by atoms with van der Waals surface area (Å²) in [5.41, 5.74) is 2.16. The third-order valence-corrected chi connectivity index (χ3v) is 5.56. The number of carbonyl (C=O) groups is 1. The Kier molecular flexibility index (Phi) is 6.53. The average molecular weight is 342 g/mol. The van der Waals surface area contributed by atoms with Crippen LogP contribution in [-0.2, 0) is 10.7 Å². The molecule has 1 atom stereocenters. The lowest BCUT2D eigenvalue weighted by molar-refractivity contribution is -0.133. The number of aromatic nitrogens is 1. The molecule has 0 spiro atoms. The van der Waals surface area contributed by atoms with Gasteiger partial charge in [-0.1, -0.05) is 0 Å². The lowest BCUT2D eigenvalue weighted by Crippen LogP contribution is -2.53. The number of halogens is 1. The van der Waals surface area contributed by atoms with Gasteiger partial charge in [0, 0.05) is 56.0 Å². The quantitative estimate of drug-likeness (QED) is 0.609. The Morgan fingerprint density at radius 1 is 1.50 bits per heavy atom. The second-order valence-electron chi connectivity index (χ2n) is 5.72. The minimum absolute atomic E-state index is 0.183. The molecule has 1 aliphatic rings. The topological polar surface area (TPSA) is 36.4 Å². The summed E-state index contributed by atoms with van der Waals surface area (Å²) in [5.74, 6) is 1.69. The molecule has 1 fully saturated rings. The van der Waals surface area contributed by atoms with Crippen molar-refractivity contribution in [1.29, 1.82) is 0 Å². The highest BCUT2D eigenvalue weighted by atomic mass is 35.5. The summed E-state index contributed by atoms with van der Waals surface area (Å²) < 4.78 is 0. The number of carbonyl (C=O) groups excluding carboxylic acids is 1. The fourth-order valence-corrected chi connectivity index (χ4v) is 4.17. The second-order valence-corrected chi connectivity index (χ2v) is 7.13. The molecule has 22 heavy (non-hydrogen) atoms. The number of amides is 1. The smallest absolute Gasteiger partial charge is 0.219 e. The molecule has 0 aromatic carbocycles. The number of thioether (sulfide) groups is 1. The van der Waals surface area contributed by atoms with Crippen molar-refractivity contribution < 1.29 is 4.79 Å². The minimum atomic E-state index is 0.183. The molecule has 1 aromatic rings. The first kappa shape index (κ1) is 17.6. The average Bonchev–Trinajstić information content (AvgIpc) is 2.48. The molecule has 2 heterocycles. The molecule has 0 bridgehead atoms. The summed E-state index contributed by atoms with van der Waals surface area (Å²) in [6, 6.07) is 2.37. The standard InChI is InChI=1S/C16H24ClN3OS/c1-12-11-19(6-7-20(12)14(3)21)8-9-22-16-4-5-18-15(10-17)13(16)2/h4-5,12H,6-11H2,1-3H3. The highest BCUT2D eigenvalue weighted by molar-refractivity contribution is 7.99.